The minimum absolute atomic E-state index is 0.144. The van der Waals surface area contributed by atoms with Crippen molar-refractivity contribution in [1.29, 1.82) is 0 Å². The first kappa shape index (κ1) is 12.9. The molecule has 0 aromatic heterocycles. The lowest BCUT2D eigenvalue weighted by molar-refractivity contribution is -0.107. The molecule has 0 saturated carbocycles. The minimum atomic E-state index is 0.144. The average Bonchev–Trinajstić information content (AvgIpc) is 2.15. The van der Waals surface area contributed by atoms with Crippen LogP contribution in [0.4, 0.5) is 0 Å². The predicted octanol–water partition coefficient (Wildman–Crippen LogP) is 2.05. The van der Waals surface area contributed by atoms with E-state index < -0.39 is 0 Å². The monoisotopic (exact) mass is 213 g/mol. The fourth-order valence-corrected chi connectivity index (χ4v) is 2.70. The average molecular weight is 213 g/mol. The van der Waals surface area contributed by atoms with Crippen molar-refractivity contribution in [2.75, 3.05) is 20.1 Å². The topological polar surface area (TPSA) is 18.5 Å². The fourth-order valence-electron chi connectivity index (χ4n) is 2.70. The quantitative estimate of drug-likeness (QED) is 0.757. The van der Waals surface area contributed by atoms with Crippen LogP contribution >= 0.6 is 0 Å². The van der Waals surface area contributed by atoms with Gasteiger partial charge in [0.2, 0.25) is 0 Å². The van der Waals surface area contributed by atoms with Crippen LogP contribution in [0.3, 0.4) is 0 Å². The number of rotatable bonds is 2. The summed E-state index contributed by atoms with van der Waals surface area (Å²) < 4.78 is 0. The third kappa shape index (κ3) is 2.52. The molecule has 3 heteroatoms. The van der Waals surface area contributed by atoms with Crippen LogP contribution in [0.5, 0.6) is 0 Å². The van der Waals surface area contributed by atoms with E-state index in [0.717, 1.165) is 25.9 Å². The zero-order valence-electron chi connectivity index (χ0n) is 11.2. The highest BCUT2D eigenvalue weighted by molar-refractivity contribution is 4.94. The van der Waals surface area contributed by atoms with Gasteiger partial charge in [-0.2, -0.15) is 0 Å². The lowest BCUT2D eigenvalue weighted by Gasteiger charge is -2.55. The van der Waals surface area contributed by atoms with E-state index in [1.165, 1.54) is 0 Å². The Balaban J connectivity index is 2.93. The number of likely N-dealkylation sites (N-methyl/N-ethyl adjacent to an activating group) is 1. The summed E-state index contributed by atoms with van der Waals surface area (Å²) in [5.74, 6) is 0. The van der Waals surface area contributed by atoms with E-state index in [-0.39, 0.29) is 11.2 Å². The van der Waals surface area contributed by atoms with Crippen LogP contribution in [-0.2, 0) is 0 Å². The van der Waals surface area contributed by atoms with Gasteiger partial charge < -0.3 is 0 Å². The molecule has 1 fully saturated rings. The fraction of sp³-hybridized carbons (Fsp3) is 1.00. The van der Waals surface area contributed by atoms with E-state index in [1.807, 2.05) is 0 Å². The normalized spacial score (nSPS) is 24.4. The third-order valence-corrected chi connectivity index (χ3v) is 3.55. The Morgan fingerprint density at radius 1 is 1.13 bits per heavy atom. The molecule has 1 rings (SSSR count). The summed E-state index contributed by atoms with van der Waals surface area (Å²) in [5, 5.41) is 2.23. The van der Waals surface area contributed by atoms with Crippen molar-refractivity contribution in [3.63, 3.8) is 0 Å². The van der Waals surface area contributed by atoms with Crippen LogP contribution in [0.2, 0.25) is 0 Å². The van der Waals surface area contributed by atoms with Crippen molar-refractivity contribution < 1.29 is 0 Å². The summed E-state index contributed by atoms with van der Waals surface area (Å²) in [4.78, 5) is 2.61. The van der Waals surface area contributed by atoms with Crippen LogP contribution in [0.1, 0.15) is 47.5 Å². The molecule has 90 valence electrons. The second kappa shape index (κ2) is 4.40. The molecule has 1 N–H and O–H groups in total. The Morgan fingerprint density at radius 2 is 1.67 bits per heavy atom. The second-order valence-corrected chi connectivity index (χ2v) is 5.59. The molecule has 1 aliphatic rings. The maximum Gasteiger partial charge on any atom is 0.0843 e. The van der Waals surface area contributed by atoms with E-state index >= 15 is 0 Å². The van der Waals surface area contributed by atoms with E-state index in [4.69, 9.17) is 0 Å². The first-order chi connectivity index (χ1) is 6.85. The maximum absolute atomic E-state index is 3.65. The molecule has 0 atom stereocenters. The van der Waals surface area contributed by atoms with Gasteiger partial charge in [0, 0.05) is 25.7 Å². The van der Waals surface area contributed by atoms with Crippen LogP contribution < -0.4 is 5.43 Å². The van der Waals surface area contributed by atoms with Gasteiger partial charge in [-0.25, -0.2) is 10.4 Å². The van der Waals surface area contributed by atoms with Gasteiger partial charge in [0.05, 0.1) is 5.66 Å². The molecule has 1 heterocycles. The highest BCUT2D eigenvalue weighted by atomic mass is 15.6. The Hall–Kier alpha value is -0.120. The molecular formula is C12H27N3. The minimum Gasteiger partial charge on any atom is -0.278 e. The van der Waals surface area contributed by atoms with Crippen molar-refractivity contribution >= 4 is 0 Å². The van der Waals surface area contributed by atoms with E-state index in [2.05, 4.69) is 57.0 Å². The summed E-state index contributed by atoms with van der Waals surface area (Å²) in [6.07, 6.45) is 2.29. The van der Waals surface area contributed by atoms with E-state index in [0.29, 0.717) is 0 Å². The SMILES string of the molecule is CCC1(CC)NN(C)CCN1C(C)(C)C. The summed E-state index contributed by atoms with van der Waals surface area (Å²) >= 11 is 0. The van der Waals surface area contributed by atoms with Gasteiger partial charge in [-0.1, -0.05) is 13.8 Å². The molecule has 1 aliphatic heterocycles. The molecule has 0 amide bonds. The van der Waals surface area contributed by atoms with E-state index in [1.54, 1.807) is 0 Å². The maximum atomic E-state index is 3.65. The van der Waals surface area contributed by atoms with Crippen LogP contribution in [0.25, 0.3) is 0 Å². The molecule has 0 bridgehead atoms. The van der Waals surface area contributed by atoms with Crippen molar-refractivity contribution in [3.05, 3.63) is 0 Å². The third-order valence-electron chi connectivity index (χ3n) is 3.55. The van der Waals surface area contributed by atoms with Crippen molar-refractivity contribution in [3.8, 4) is 0 Å². The number of hydrazine groups is 1. The smallest absolute Gasteiger partial charge is 0.0843 e. The highest BCUT2D eigenvalue weighted by Crippen LogP contribution is 2.30. The van der Waals surface area contributed by atoms with Gasteiger partial charge in [-0.3, -0.25) is 4.90 Å². The van der Waals surface area contributed by atoms with E-state index in [9.17, 15) is 0 Å². The van der Waals surface area contributed by atoms with Gasteiger partial charge in [0.25, 0.3) is 0 Å². The number of hydrogen-bond donors (Lipinski definition) is 1. The molecule has 1 saturated heterocycles. The molecule has 0 aliphatic carbocycles. The lowest BCUT2D eigenvalue weighted by Crippen LogP contribution is -2.72. The molecule has 0 unspecified atom stereocenters. The lowest BCUT2D eigenvalue weighted by atomic mass is 9.93. The van der Waals surface area contributed by atoms with Crippen molar-refractivity contribution in [2.24, 2.45) is 0 Å². The zero-order valence-corrected chi connectivity index (χ0v) is 11.2. The number of hydrogen-bond acceptors (Lipinski definition) is 3. The molecule has 3 nitrogen and oxygen atoms in total. The molecule has 15 heavy (non-hydrogen) atoms. The van der Waals surface area contributed by atoms with Gasteiger partial charge in [0.1, 0.15) is 0 Å². The summed E-state index contributed by atoms with van der Waals surface area (Å²) in [7, 11) is 2.14. The Kier molecular flexibility index (Phi) is 3.80. The second-order valence-electron chi connectivity index (χ2n) is 5.59. The summed E-state index contributed by atoms with van der Waals surface area (Å²) in [6.45, 7) is 13.7. The number of nitrogens with zero attached hydrogens (tertiary/aromatic N) is 2. The summed E-state index contributed by atoms with van der Waals surface area (Å²) in [5.41, 5.74) is 4.03. The Morgan fingerprint density at radius 3 is 2.07 bits per heavy atom. The largest absolute Gasteiger partial charge is 0.278 e. The Bertz CT molecular complexity index is 203. The van der Waals surface area contributed by atoms with Crippen LogP contribution in [-0.4, -0.2) is 41.2 Å². The van der Waals surface area contributed by atoms with Crippen molar-refractivity contribution in [1.82, 2.24) is 15.3 Å². The van der Waals surface area contributed by atoms with Crippen LogP contribution in [0, 0.1) is 0 Å². The van der Waals surface area contributed by atoms with Gasteiger partial charge in [-0.05, 0) is 33.6 Å². The first-order valence-electron chi connectivity index (χ1n) is 6.12. The van der Waals surface area contributed by atoms with Crippen molar-refractivity contribution in [2.45, 2.75) is 58.7 Å². The standard InChI is InChI=1S/C12H27N3/c1-7-12(8-2)13-14(6)9-10-15(12)11(3,4)5/h13H,7-10H2,1-6H3. The first-order valence-corrected chi connectivity index (χ1v) is 6.12. The molecule has 0 radical (unpaired) electrons. The number of nitrogens with one attached hydrogen (secondary N) is 1. The molecular weight excluding hydrogens is 186 g/mol. The Labute approximate surface area is 94.8 Å². The molecule has 0 aromatic rings. The van der Waals surface area contributed by atoms with Crippen LogP contribution in [0.15, 0.2) is 0 Å². The van der Waals surface area contributed by atoms with Gasteiger partial charge in [0.15, 0.2) is 0 Å². The predicted molar refractivity (Wildman–Crippen MR) is 65.5 cm³/mol. The summed E-state index contributed by atoms with van der Waals surface area (Å²) in [6, 6.07) is 0. The van der Waals surface area contributed by atoms with Gasteiger partial charge >= 0.3 is 0 Å². The molecule has 0 spiro atoms. The zero-order chi connectivity index (χ0) is 11.7. The van der Waals surface area contributed by atoms with Gasteiger partial charge in [-0.15, -0.1) is 0 Å². The molecule has 0 aromatic carbocycles. The highest BCUT2D eigenvalue weighted by Gasteiger charge is 2.42.